The number of anilines is 1. The normalized spacial score (nSPS) is 12.2. The van der Waals surface area contributed by atoms with Crippen molar-refractivity contribution in [3.05, 3.63) is 62.6 Å². The summed E-state index contributed by atoms with van der Waals surface area (Å²) in [7, 11) is -3.62. The number of nitrogens with zero attached hydrogens (tertiary/aromatic N) is 2. The number of carbonyl (C=O) groups excluding carboxylic acids is 2. The van der Waals surface area contributed by atoms with Gasteiger partial charge in [-0.15, -0.1) is 0 Å². The summed E-state index contributed by atoms with van der Waals surface area (Å²) in [5.74, 6) is -0.632. The van der Waals surface area contributed by atoms with E-state index in [9.17, 15) is 18.0 Å². The Morgan fingerprint density at radius 2 is 1.60 bits per heavy atom. The second-order valence-corrected chi connectivity index (χ2v) is 11.2. The van der Waals surface area contributed by atoms with Crippen LogP contribution in [0.3, 0.4) is 0 Å². The lowest BCUT2D eigenvalue weighted by atomic mass is 10.1. The number of carbonyl (C=O) groups is 2. The van der Waals surface area contributed by atoms with E-state index >= 15 is 0 Å². The van der Waals surface area contributed by atoms with Crippen LogP contribution in [0.25, 0.3) is 0 Å². The van der Waals surface area contributed by atoms with Crippen molar-refractivity contribution in [2.75, 3.05) is 23.7 Å². The molecule has 0 heterocycles. The number of hydrogen-bond donors (Lipinski definition) is 1. The first-order valence-corrected chi connectivity index (χ1v) is 14.1. The quantitative estimate of drug-likeness (QED) is 0.415. The molecule has 0 spiro atoms. The first-order chi connectivity index (χ1) is 16.4. The van der Waals surface area contributed by atoms with Crippen molar-refractivity contribution >= 4 is 62.3 Å². The third-order valence-corrected chi connectivity index (χ3v) is 7.87. The highest BCUT2D eigenvalue weighted by atomic mass is 35.5. The molecule has 0 aliphatic carbocycles. The molecule has 1 atom stereocenters. The first-order valence-electron chi connectivity index (χ1n) is 11.1. The van der Waals surface area contributed by atoms with Crippen molar-refractivity contribution in [3.63, 3.8) is 0 Å². The minimum absolute atomic E-state index is 0.0114. The average Bonchev–Trinajstić information content (AvgIpc) is 2.77. The molecule has 0 saturated carbocycles. The van der Waals surface area contributed by atoms with Crippen LogP contribution in [0.2, 0.25) is 15.1 Å². The van der Waals surface area contributed by atoms with Gasteiger partial charge in [0.05, 0.1) is 11.9 Å². The van der Waals surface area contributed by atoms with Crippen molar-refractivity contribution < 1.29 is 18.0 Å². The fourth-order valence-corrected chi connectivity index (χ4v) is 5.31. The van der Waals surface area contributed by atoms with E-state index in [1.54, 1.807) is 57.2 Å². The van der Waals surface area contributed by atoms with Crippen LogP contribution in [0.4, 0.5) is 5.69 Å². The van der Waals surface area contributed by atoms with E-state index in [0.29, 0.717) is 38.4 Å². The minimum atomic E-state index is -3.62. The number of nitrogens with one attached hydrogen (secondary N) is 1. The summed E-state index contributed by atoms with van der Waals surface area (Å²) in [6.07, 6.45) is 1.35. The summed E-state index contributed by atoms with van der Waals surface area (Å²) in [6.45, 7) is 5.69. The van der Waals surface area contributed by atoms with Crippen molar-refractivity contribution in [2.24, 2.45) is 0 Å². The Labute approximate surface area is 222 Å². The lowest BCUT2D eigenvalue weighted by Crippen LogP contribution is -2.47. The maximum Gasteiger partial charge on any atom is 0.242 e. The van der Waals surface area contributed by atoms with Crippen LogP contribution in [-0.2, 0) is 26.2 Å². The number of hydrogen-bond acceptors (Lipinski definition) is 4. The van der Waals surface area contributed by atoms with Crippen molar-refractivity contribution in [1.29, 1.82) is 0 Å². The highest BCUT2D eigenvalue weighted by Gasteiger charge is 2.28. The van der Waals surface area contributed by atoms with E-state index in [0.717, 1.165) is 6.26 Å². The Hall–Kier alpha value is -2.00. The Morgan fingerprint density at radius 1 is 1.03 bits per heavy atom. The summed E-state index contributed by atoms with van der Waals surface area (Å²) in [5, 5.41) is 3.95. The van der Waals surface area contributed by atoms with E-state index in [4.69, 9.17) is 34.8 Å². The summed E-state index contributed by atoms with van der Waals surface area (Å²) >= 11 is 18.8. The number of benzene rings is 2. The van der Waals surface area contributed by atoms with Gasteiger partial charge in [0.1, 0.15) is 6.04 Å². The van der Waals surface area contributed by atoms with Gasteiger partial charge in [-0.3, -0.25) is 13.9 Å². The van der Waals surface area contributed by atoms with Crippen LogP contribution < -0.4 is 9.62 Å². The van der Waals surface area contributed by atoms with Gasteiger partial charge in [-0.1, -0.05) is 46.9 Å². The van der Waals surface area contributed by atoms with Gasteiger partial charge in [-0.25, -0.2) is 8.42 Å². The molecule has 192 valence electrons. The maximum atomic E-state index is 13.3. The van der Waals surface area contributed by atoms with Crippen molar-refractivity contribution in [3.8, 4) is 0 Å². The zero-order valence-electron chi connectivity index (χ0n) is 20.1. The van der Waals surface area contributed by atoms with Crippen LogP contribution in [0.1, 0.15) is 37.8 Å². The predicted molar refractivity (Wildman–Crippen MR) is 143 cm³/mol. The van der Waals surface area contributed by atoms with Crippen LogP contribution in [0.15, 0.2) is 36.4 Å². The molecule has 0 fully saturated rings. The Bertz CT molecular complexity index is 1150. The third kappa shape index (κ3) is 7.74. The number of rotatable bonds is 11. The molecule has 2 amide bonds. The highest BCUT2D eigenvalue weighted by Crippen LogP contribution is 2.29. The molecule has 2 aromatic carbocycles. The van der Waals surface area contributed by atoms with E-state index in [1.165, 1.54) is 9.21 Å². The molecule has 0 aliphatic heterocycles. The predicted octanol–water partition coefficient (Wildman–Crippen LogP) is 5.05. The summed E-state index contributed by atoms with van der Waals surface area (Å²) in [5.41, 5.74) is 1.63. The molecule has 2 aromatic rings. The monoisotopic (exact) mass is 561 g/mol. The third-order valence-electron chi connectivity index (χ3n) is 5.57. The van der Waals surface area contributed by atoms with Crippen molar-refractivity contribution in [1.82, 2.24) is 10.2 Å². The van der Waals surface area contributed by atoms with Gasteiger partial charge in [-0.05, 0) is 57.0 Å². The fraction of sp³-hybridized carbons (Fsp3) is 0.417. The zero-order valence-corrected chi connectivity index (χ0v) is 23.2. The molecule has 0 radical (unpaired) electrons. The standard InChI is InChI=1S/C24H30Cl3N3O4S/c1-5-28-24(32)17(3)29(15-18-20(26)10-6-11-21(18)27)23(31)13-8-14-30(35(4,33)34)22-12-7-9-19(25)16(22)2/h6-7,9-12,17H,5,8,13-15H2,1-4H3,(H,28,32)/t17-/m1/s1. The minimum Gasteiger partial charge on any atom is -0.355 e. The number of halogens is 3. The van der Waals surface area contributed by atoms with Crippen LogP contribution in [0.5, 0.6) is 0 Å². The van der Waals surface area contributed by atoms with Gasteiger partial charge in [0, 0.05) is 46.7 Å². The van der Waals surface area contributed by atoms with Crippen molar-refractivity contribution in [2.45, 2.75) is 46.2 Å². The first kappa shape index (κ1) is 29.2. The summed E-state index contributed by atoms with van der Waals surface area (Å²) in [6, 6.07) is 9.29. The second-order valence-electron chi connectivity index (χ2n) is 8.12. The average molecular weight is 563 g/mol. The summed E-state index contributed by atoms with van der Waals surface area (Å²) < 4.78 is 26.2. The second kappa shape index (κ2) is 12.8. The molecular weight excluding hydrogens is 533 g/mol. The number of amides is 2. The van der Waals surface area contributed by atoms with Gasteiger partial charge in [0.25, 0.3) is 0 Å². The van der Waals surface area contributed by atoms with Gasteiger partial charge < -0.3 is 10.2 Å². The lowest BCUT2D eigenvalue weighted by Gasteiger charge is -2.30. The Morgan fingerprint density at radius 3 is 2.17 bits per heavy atom. The van der Waals surface area contributed by atoms with E-state index in [-0.39, 0.29) is 37.7 Å². The largest absolute Gasteiger partial charge is 0.355 e. The van der Waals surface area contributed by atoms with Gasteiger partial charge >= 0.3 is 0 Å². The molecule has 0 aliphatic rings. The maximum absolute atomic E-state index is 13.3. The van der Waals surface area contributed by atoms with Gasteiger partial charge in [-0.2, -0.15) is 0 Å². The smallest absolute Gasteiger partial charge is 0.242 e. The molecule has 2 rings (SSSR count). The molecule has 0 bridgehead atoms. The lowest BCUT2D eigenvalue weighted by molar-refractivity contribution is -0.140. The number of sulfonamides is 1. The van der Waals surface area contributed by atoms with Crippen LogP contribution in [0, 0.1) is 6.92 Å². The zero-order chi connectivity index (χ0) is 26.3. The van der Waals surface area contributed by atoms with Crippen LogP contribution in [-0.4, -0.2) is 50.5 Å². The molecule has 35 heavy (non-hydrogen) atoms. The topological polar surface area (TPSA) is 86.8 Å². The SMILES string of the molecule is CCNC(=O)[C@@H](C)N(Cc1c(Cl)cccc1Cl)C(=O)CCCN(c1cccc(Cl)c1C)S(C)(=O)=O. The summed E-state index contributed by atoms with van der Waals surface area (Å²) in [4.78, 5) is 27.2. The Kier molecular flexibility index (Phi) is 10.7. The van der Waals surface area contributed by atoms with E-state index < -0.39 is 16.1 Å². The van der Waals surface area contributed by atoms with E-state index in [1.807, 2.05) is 0 Å². The molecule has 0 saturated heterocycles. The Balaban J connectivity index is 2.24. The van der Waals surface area contributed by atoms with Crippen LogP contribution >= 0.6 is 34.8 Å². The highest BCUT2D eigenvalue weighted by molar-refractivity contribution is 7.92. The molecule has 1 N–H and O–H groups in total. The molecule has 0 unspecified atom stereocenters. The molecule has 11 heteroatoms. The van der Waals surface area contributed by atoms with E-state index in [2.05, 4.69) is 5.32 Å². The fourth-order valence-electron chi connectivity index (χ4n) is 3.61. The van der Waals surface area contributed by atoms with Gasteiger partial charge in [0.15, 0.2) is 0 Å². The molecule has 0 aromatic heterocycles. The molecule has 7 nitrogen and oxygen atoms in total. The molecular formula is C24H30Cl3N3O4S. The van der Waals surface area contributed by atoms with Gasteiger partial charge in [0.2, 0.25) is 21.8 Å². The number of likely N-dealkylation sites (N-methyl/N-ethyl adjacent to an activating group) is 1.